The van der Waals surface area contributed by atoms with Crippen molar-refractivity contribution in [1.82, 2.24) is 10.2 Å². The molecule has 1 aliphatic rings. The molecule has 1 aromatic rings. The van der Waals surface area contributed by atoms with Crippen LogP contribution in [-0.2, 0) is 0 Å². The molecule has 0 bridgehead atoms. The van der Waals surface area contributed by atoms with E-state index in [1.54, 1.807) is 12.1 Å². The molecule has 1 saturated heterocycles. The van der Waals surface area contributed by atoms with E-state index in [1.165, 1.54) is 0 Å². The summed E-state index contributed by atoms with van der Waals surface area (Å²) in [7, 11) is 0. The van der Waals surface area contributed by atoms with Crippen molar-refractivity contribution in [2.45, 2.75) is 12.5 Å². The number of nitrogens with zero attached hydrogens (tertiary/aromatic N) is 2. The summed E-state index contributed by atoms with van der Waals surface area (Å²) in [6.45, 7) is 3.81. The first-order valence-corrected chi connectivity index (χ1v) is 5.92. The van der Waals surface area contributed by atoms with E-state index in [4.69, 9.17) is 5.26 Å². The molecule has 1 fully saturated rings. The van der Waals surface area contributed by atoms with Crippen LogP contribution in [-0.4, -0.2) is 36.2 Å². The summed E-state index contributed by atoms with van der Waals surface area (Å²) in [4.78, 5) is 2.30. The van der Waals surface area contributed by atoms with Crippen molar-refractivity contribution in [2.75, 3.05) is 26.2 Å². The highest BCUT2D eigenvalue weighted by atomic mass is 16.3. The third-order valence-electron chi connectivity index (χ3n) is 3.13. The average molecular weight is 231 g/mol. The molecule has 1 aliphatic heterocycles. The summed E-state index contributed by atoms with van der Waals surface area (Å²) in [5, 5.41) is 21.8. The third-order valence-corrected chi connectivity index (χ3v) is 3.13. The lowest BCUT2D eigenvalue weighted by Gasteiger charge is -2.34. The molecule has 4 heteroatoms. The van der Waals surface area contributed by atoms with E-state index in [1.807, 2.05) is 12.1 Å². The molecule has 90 valence electrons. The molecule has 0 aromatic heterocycles. The highest BCUT2D eigenvalue weighted by molar-refractivity contribution is 5.30. The summed E-state index contributed by atoms with van der Waals surface area (Å²) in [5.74, 6) is 0.264. The molecular formula is C13H17N3O. The molecule has 4 nitrogen and oxygen atoms in total. The molecule has 0 amide bonds. The maximum absolute atomic E-state index is 9.51. The van der Waals surface area contributed by atoms with E-state index >= 15 is 0 Å². The maximum atomic E-state index is 9.51. The van der Waals surface area contributed by atoms with E-state index in [9.17, 15) is 5.11 Å². The zero-order chi connectivity index (χ0) is 12.1. The summed E-state index contributed by atoms with van der Waals surface area (Å²) in [5.41, 5.74) is 1.02. The van der Waals surface area contributed by atoms with Gasteiger partial charge in [0, 0.05) is 32.2 Å². The van der Waals surface area contributed by atoms with Gasteiger partial charge >= 0.3 is 0 Å². The predicted molar refractivity (Wildman–Crippen MR) is 65.5 cm³/mol. The van der Waals surface area contributed by atoms with E-state index in [0.717, 1.165) is 31.7 Å². The molecule has 1 atom stereocenters. The Kier molecular flexibility index (Phi) is 3.97. The first-order chi connectivity index (χ1) is 8.31. The molecule has 17 heavy (non-hydrogen) atoms. The zero-order valence-corrected chi connectivity index (χ0v) is 9.76. The van der Waals surface area contributed by atoms with Gasteiger partial charge in [-0.25, -0.2) is 0 Å². The lowest BCUT2D eigenvalue weighted by Crippen LogP contribution is -2.45. The van der Waals surface area contributed by atoms with Gasteiger partial charge < -0.3 is 10.4 Å². The zero-order valence-electron chi connectivity index (χ0n) is 9.76. The minimum Gasteiger partial charge on any atom is -0.508 e. The Morgan fingerprint density at radius 1 is 1.41 bits per heavy atom. The van der Waals surface area contributed by atoms with Crippen molar-refractivity contribution in [1.29, 1.82) is 5.26 Å². The first kappa shape index (κ1) is 11.9. The van der Waals surface area contributed by atoms with Crippen molar-refractivity contribution in [3.05, 3.63) is 29.8 Å². The monoisotopic (exact) mass is 231 g/mol. The number of aromatic hydroxyl groups is 1. The predicted octanol–water partition coefficient (Wildman–Crippen LogP) is 1.25. The standard InChI is InChI=1S/C13H17N3O/c14-5-4-13(16-8-6-15-7-9-16)11-2-1-3-12(17)10-11/h1-3,10,13,15,17H,4,6-9H2/t13-/m0/s1. The van der Waals surface area contributed by atoms with Crippen LogP contribution in [0, 0.1) is 11.3 Å². The van der Waals surface area contributed by atoms with Gasteiger partial charge in [0.25, 0.3) is 0 Å². The summed E-state index contributed by atoms with van der Waals surface area (Å²) >= 11 is 0. The largest absolute Gasteiger partial charge is 0.508 e. The van der Waals surface area contributed by atoms with Crippen molar-refractivity contribution < 1.29 is 5.11 Å². The van der Waals surface area contributed by atoms with Crippen LogP contribution in [0.15, 0.2) is 24.3 Å². The fourth-order valence-corrected chi connectivity index (χ4v) is 2.27. The average Bonchev–Trinajstić information content (AvgIpc) is 2.37. The Balaban J connectivity index is 2.19. The normalized spacial score (nSPS) is 18.5. The van der Waals surface area contributed by atoms with Crippen molar-refractivity contribution in [3.63, 3.8) is 0 Å². The molecule has 0 radical (unpaired) electrons. The smallest absolute Gasteiger partial charge is 0.115 e. The highest BCUT2D eigenvalue weighted by Crippen LogP contribution is 2.26. The molecule has 2 N–H and O–H groups in total. The van der Waals surface area contributed by atoms with Crippen LogP contribution in [0.5, 0.6) is 5.75 Å². The number of nitriles is 1. The van der Waals surface area contributed by atoms with Gasteiger partial charge in [-0.2, -0.15) is 5.26 Å². The van der Waals surface area contributed by atoms with E-state index in [2.05, 4.69) is 16.3 Å². The lowest BCUT2D eigenvalue weighted by atomic mass is 10.0. The van der Waals surface area contributed by atoms with Gasteiger partial charge in [0.2, 0.25) is 0 Å². The second-order valence-electron chi connectivity index (χ2n) is 4.26. The van der Waals surface area contributed by atoms with Gasteiger partial charge in [-0.1, -0.05) is 12.1 Å². The van der Waals surface area contributed by atoms with Crippen molar-refractivity contribution in [2.24, 2.45) is 0 Å². The number of phenols is 1. The number of hydrogen-bond acceptors (Lipinski definition) is 4. The van der Waals surface area contributed by atoms with Gasteiger partial charge in [-0.3, -0.25) is 4.90 Å². The number of hydrogen-bond donors (Lipinski definition) is 2. The van der Waals surface area contributed by atoms with Crippen LogP contribution >= 0.6 is 0 Å². The molecular weight excluding hydrogens is 214 g/mol. The van der Waals surface area contributed by atoms with Crippen LogP contribution in [0.3, 0.4) is 0 Å². The maximum Gasteiger partial charge on any atom is 0.115 e. The Morgan fingerprint density at radius 2 is 2.18 bits per heavy atom. The number of rotatable bonds is 3. The summed E-state index contributed by atoms with van der Waals surface area (Å²) in [6.07, 6.45) is 0.462. The van der Waals surface area contributed by atoms with E-state index in [-0.39, 0.29) is 11.8 Å². The van der Waals surface area contributed by atoms with Crippen LogP contribution in [0.1, 0.15) is 18.0 Å². The molecule has 1 heterocycles. The van der Waals surface area contributed by atoms with Crippen molar-refractivity contribution >= 4 is 0 Å². The molecule has 2 rings (SSSR count). The van der Waals surface area contributed by atoms with Gasteiger partial charge in [0.15, 0.2) is 0 Å². The van der Waals surface area contributed by atoms with Crippen LogP contribution < -0.4 is 5.32 Å². The molecule has 1 aromatic carbocycles. The van der Waals surface area contributed by atoms with Gasteiger partial charge in [-0.05, 0) is 17.7 Å². The second kappa shape index (κ2) is 5.67. The third kappa shape index (κ3) is 2.96. The van der Waals surface area contributed by atoms with Gasteiger partial charge in [0.05, 0.1) is 12.5 Å². The summed E-state index contributed by atoms with van der Waals surface area (Å²) < 4.78 is 0. The molecule has 0 saturated carbocycles. The van der Waals surface area contributed by atoms with Gasteiger partial charge in [-0.15, -0.1) is 0 Å². The Hall–Kier alpha value is -1.57. The summed E-state index contributed by atoms with van der Waals surface area (Å²) in [6, 6.07) is 9.55. The molecule has 0 spiro atoms. The second-order valence-corrected chi connectivity index (χ2v) is 4.26. The Morgan fingerprint density at radius 3 is 2.82 bits per heavy atom. The molecule has 0 unspecified atom stereocenters. The van der Waals surface area contributed by atoms with Crippen LogP contribution in [0.2, 0.25) is 0 Å². The van der Waals surface area contributed by atoms with E-state index in [0.29, 0.717) is 6.42 Å². The topological polar surface area (TPSA) is 59.3 Å². The fourth-order valence-electron chi connectivity index (χ4n) is 2.27. The highest BCUT2D eigenvalue weighted by Gasteiger charge is 2.21. The fraction of sp³-hybridized carbons (Fsp3) is 0.462. The van der Waals surface area contributed by atoms with Crippen molar-refractivity contribution in [3.8, 4) is 11.8 Å². The minimum absolute atomic E-state index is 0.0919. The van der Waals surface area contributed by atoms with Crippen LogP contribution in [0.4, 0.5) is 0 Å². The molecule has 0 aliphatic carbocycles. The lowest BCUT2D eigenvalue weighted by molar-refractivity contribution is 0.175. The number of nitrogens with one attached hydrogen (secondary N) is 1. The number of piperazine rings is 1. The minimum atomic E-state index is 0.0919. The van der Waals surface area contributed by atoms with Gasteiger partial charge in [0.1, 0.15) is 5.75 Å². The van der Waals surface area contributed by atoms with E-state index < -0.39 is 0 Å². The Labute approximate surface area is 101 Å². The quantitative estimate of drug-likeness (QED) is 0.822. The van der Waals surface area contributed by atoms with Crippen LogP contribution in [0.25, 0.3) is 0 Å². The Bertz CT molecular complexity index is 407. The number of phenolic OH excluding ortho intramolecular Hbond substituents is 1. The number of benzene rings is 1. The SMILES string of the molecule is N#CC[C@@H](c1cccc(O)c1)N1CCNCC1. The first-order valence-electron chi connectivity index (χ1n) is 5.92.